The number of aryl methyl sites for hydroxylation is 1. The lowest BCUT2D eigenvalue weighted by Gasteiger charge is -2.27. The van der Waals surface area contributed by atoms with E-state index in [4.69, 9.17) is 10.8 Å². The van der Waals surface area contributed by atoms with E-state index in [9.17, 15) is 0 Å². The summed E-state index contributed by atoms with van der Waals surface area (Å²) in [6.07, 6.45) is 3.23. The Morgan fingerprint density at radius 2 is 2.20 bits per heavy atom. The molecule has 3 N–H and O–H groups in total. The van der Waals surface area contributed by atoms with Gasteiger partial charge in [-0.15, -0.1) is 0 Å². The van der Waals surface area contributed by atoms with Gasteiger partial charge < -0.3 is 10.8 Å². The van der Waals surface area contributed by atoms with Crippen LogP contribution in [0.3, 0.4) is 0 Å². The molecule has 0 aromatic heterocycles. The molecular formula is C12H16N2O. The fraction of sp³-hybridized carbons (Fsp3) is 0.417. The van der Waals surface area contributed by atoms with Crippen LogP contribution in [0.2, 0.25) is 0 Å². The molecule has 0 radical (unpaired) electrons. The third-order valence-electron chi connectivity index (χ3n) is 2.76. The van der Waals surface area contributed by atoms with Gasteiger partial charge in [-0.3, -0.25) is 4.99 Å². The highest BCUT2D eigenvalue weighted by Crippen LogP contribution is 2.23. The molecule has 3 heteroatoms. The number of hydrogen-bond acceptors (Lipinski definition) is 3. The first kappa shape index (κ1) is 10.2. The molecule has 0 spiro atoms. The zero-order chi connectivity index (χ0) is 10.8. The molecule has 1 fully saturated rings. The molecule has 15 heavy (non-hydrogen) atoms. The van der Waals surface area contributed by atoms with Gasteiger partial charge in [-0.05, 0) is 31.9 Å². The van der Waals surface area contributed by atoms with Gasteiger partial charge in [0.2, 0.25) is 0 Å². The van der Waals surface area contributed by atoms with Crippen LogP contribution in [0.15, 0.2) is 23.2 Å². The van der Waals surface area contributed by atoms with Crippen molar-refractivity contribution >= 4 is 11.9 Å². The second-order valence-corrected chi connectivity index (χ2v) is 4.19. The van der Waals surface area contributed by atoms with Crippen LogP contribution in [-0.4, -0.2) is 23.5 Å². The predicted molar refractivity (Wildman–Crippen MR) is 62.2 cm³/mol. The number of rotatable bonds is 2. The van der Waals surface area contributed by atoms with Crippen molar-refractivity contribution in [2.45, 2.75) is 31.9 Å². The number of nitrogens with two attached hydrogens (primary N) is 1. The van der Waals surface area contributed by atoms with Crippen molar-refractivity contribution in [3.63, 3.8) is 0 Å². The summed E-state index contributed by atoms with van der Waals surface area (Å²) in [4.78, 5) is 4.39. The Balaban J connectivity index is 2.06. The maximum absolute atomic E-state index is 9.12. The minimum absolute atomic E-state index is 0.151. The van der Waals surface area contributed by atoms with Gasteiger partial charge in [0.25, 0.3) is 0 Å². The van der Waals surface area contributed by atoms with Crippen molar-refractivity contribution in [1.29, 1.82) is 0 Å². The summed E-state index contributed by atoms with van der Waals surface area (Å²) in [5.41, 5.74) is 8.72. The average molecular weight is 204 g/mol. The Kier molecular flexibility index (Phi) is 2.73. The number of aliphatic imine (C=N–C) groups is 1. The smallest absolute Gasteiger partial charge is 0.0581 e. The number of anilines is 1. The molecule has 0 heterocycles. The van der Waals surface area contributed by atoms with Gasteiger partial charge in [0, 0.05) is 17.5 Å². The van der Waals surface area contributed by atoms with Crippen LogP contribution in [-0.2, 0) is 0 Å². The van der Waals surface area contributed by atoms with Crippen molar-refractivity contribution < 1.29 is 5.11 Å². The molecule has 0 saturated heterocycles. The largest absolute Gasteiger partial charge is 0.398 e. The Bertz CT molecular complexity index is 381. The summed E-state index contributed by atoms with van der Waals surface area (Å²) in [6.45, 7) is 2.03. The molecule has 0 bridgehead atoms. The number of benzene rings is 1. The first-order chi connectivity index (χ1) is 7.15. The maximum atomic E-state index is 9.12. The van der Waals surface area contributed by atoms with E-state index in [-0.39, 0.29) is 12.1 Å². The average Bonchev–Trinajstić information content (AvgIpc) is 2.16. The molecule has 0 atom stereocenters. The third-order valence-corrected chi connectivity index (χ3v) is 2.76. The molecule has 1 aliphatic carbocycles. The lowest BCUT2D eigenvalue weighted by atomic mass is 9.90. The minimum Gasteiger partial charge on any atom is -0.398 e. The quantitative estimate of drug-likeness (QED) is 0.567. The minimum atomic E-state index is -0.151. The van der Waals surface area contributed by atoms with Crippen molar-refractivity contribution in [2.75, 3.05) is 5.73 Å². The van der Waals surface area contributed by atoms with Gasteiger partial charge in [0.05, 0.1) is 12.1 Å². The van der Waals surface area contributed by atoms with Crippen LogP contribution in [0, 0.1) is 6.92 Å². The second kappa shape index (κ2) is 4.03. The van der Waals surface area contributed by atoms with Gasteiger partial charge in [0.15, 0.2) is 0 Å². The predicted octanol–water partition coefficient (Wildman–Crippen LogP) is 1.52. The molecule has 2 rings (SSSR count). The zero-order valence-corrected chi connectivity index (χ0v) is 8.85. The molecule has 1 aliphatic rings. The Morgan fingerprint density at radius 1 is 1.47 bits per heavy atom. The Morgan fingerprint density at radius 3 is 2.87 bits per heavy atom. The standard InChI is InChI=1S/C12H16N2O/c1-8-2-3-12(13)9(4-8)7-14-10-5-11(15)6-10/h2-4,7,10-11,15H,5-6,13H2,1H3. The van der Waals surface area contributed by atoms with E-state index in [0.717, 1.165) is 24.1 Å². The van der Waals surface area contributed by atoms with Gasteiger partial charge in [-0.25, -0.2) is 0 Å². The highest BCUT2D eigenvalue weighted by Gasteiger charge is 2.25. The fourth-order valence-electron chi connectivity index (χ4n) is 1.67. The molecule has 0 aliphatic heterocycles. The molecular weight excluding hydrogens is 188 g/mol. The van der Waals surface area contributed by atoms with E-state index in [1.165, 1.54) is 5.56 Å². The van der Waals surface area contributed by atoms with Crippen LogP contribution in [0.4, 0.5) is 5.69 Å². The SMILES string of the molecule is Cc1ccc(N)c(C=NC2CC(O)C2)c1. The summed E-state index contributed by atoms with van der Waals surface area (Å²) in [7, 11) is 0. The monoisotopic (exact) mass is 204 g/mol. The van der Waals surface area contributed by atoms with Gasteiger partial charge in [-0.2, -0.15) is 0 Å². The number of aliphatic hydroxyl groups is 1. The van der Waals surface area contributed by atoms with E-state index < -0.39 is 0 Å². The second-order valence-electron chi connectivity index (χ2n) is 4.19. The van der Waals surface area contributed by atoms with Crippen molar-refractivity contribution in [1.82, 2.24) is 0 Å². The summed E-state index contributed by atoms with van der Waals surface area (Å²) in [5.74, 6) is 0. The number of hydrogen-bond donors (Lipinski definition) is 2. The van der Waals surface area contributed by atoms with Crippen molar-refractivity contribution in [3.8, 4) is 0 Å². The highest BCUT2D eigenvalue weighted by molar-refractivity contribution is 5.87. The number of nitrogens with zero attached hydrogens (tertiary/aromatic N) is 1. The number of aliphatic hydroxyl groups excluding tert-OH is 1. The first-order valence-corrected chi connectivity index (χ1v) is 5.22. The van der Waals surface area contributed by atoms with E-state index in [0.29, 0.717) is 0 Å². The zero-order valence-electron chi connectivity index (χ0n) is 8.85. The van der Waals surface area contributed by atoms with E-state index in [2.05, 4.69) is 4.99 Å². The Labute approximate surface area is 89.6 Å². The summed E-state index contributed by atoms with van der Waals surface area (Å²) < 4.78 is 0. The highest BCUT2D eigenvalue weighted by atomic mass is 16.3. The molecule has 1 saturated carbocycles. The number of nitrogen functional groups attached to an aromatic ring is 1. The lowest BCUT2D eigenvalue weighted by Crippen LogP contribution is -2.31. The lowest BCUT2D eigenvalue weighted by molar-refractivity contribution is 0.0780. The van der Waals surface area contributed by atoms with Crippen molar-refractivity contribution in [2.24, 2.45) is 4.99 Å². The van der Waals surface area contributed by atoms with E-state index in [1.807, 2.05) is 31.3 Å². The molecule has 0 amide bonds. The van der Waals surface area contributed by atoms with Crippen LogP contribution in [0.1, 0.15) is 24.0 Å². The molecule has 0 unspecified atom stereocenters. The molecule has 3 nitrogen and oxygen atoms in total. The van der Waals surface area contributed by atoms with Gasteiger partial charge in [0.1, 0.15) is 0 Å². The topological polar surface area (TPSA) is 58.6 Å². The van der Waals surface area contributed by atoms with Crippen LogP contribution in [0.25, 0.3) is 0 Å². The van der Waals surface area contributed by atoms with Crippen molar-refractivity contribution in [3.05, 3.63) is 29.3 Å². The van der Waals surface area contributed by atoms with Gasteiger partial charge >= 0.3 is 0 Å². The van der Waals surface area contributed by atoms with Crippen LogP contribution >= 0.6 is 0 Å². The third kappa shape index (κ3) is 2.36. The summed E-state index contributed by atoms with van der Waals surface area (Å²) in [5, 5.41) is 9.12. The molecule has 1 aromatic carbocycles. The molecule has 1 aromatic rings. The van der Waals surface area contributed by atoms with E-state index in [1.54, 1.807) is 0 Å². The van der Waals surface area contributed by atoms with Gasteiger partial charge in [-0.1, -0.05) is 11.6 Å². The summed E-state index contributed by atoms with van der Waals surface area (Å²) >= 11 is 0. The molecule has 80 valence electrons. The van der Waals surface area contributed by atoms with E-state index >= 15 is 0 Å². The normalized spacial score (nSPS) is 25.5. The Hall–Kier alpha value is -1.35. The summed E-state index contributed by atoms with van der Waals surface area (Å²) in [6, 6.07) is 6.18. The first-order valence-electron chi connectivity index (χ1n) is 5.22. The van der Waals surface area contributed by atoms with Crippen LogP contribution in [0.5, 0.6) is 0 Å². The van der Waals surface area contributed by atoms with Crippen LogP contribution < -0.4 is 5.73 Å². The fourth-order valence-corrected chi connectivity index (χ4v) is 1.67. The maximum Gasteiger partial charge on any atom is 0.0581 e.